The zero-order valence-corrected chi connectivity index (χ0v) is 31.0. The number of carbonyl (C=O) groups excluding carboxylic acids is 2. The molecule has 0 radical (unpaired) electrons. The summed E-state index contributed by atoms with van der Waals surface area (Å²) >= 11 is 0. The fourth-order valence-corrected chi connectivity index (χ4v) is 5.28. The van der Waals surface area contributed by atoms with Gasteiger partial charge in [-0.2, -0.15) is 10.2 Å². The van der Waals surface area contributed by atoms with Crippen molar-refractivity contribution in [3.63, 3.8) is 0 Å². The Labute approximate surface area is 317 Å². The molecule has 0 amide bonds. The third-order valence-corrected chi connectivity index (χ3v) is 8.16. The third kappa shape index (κ3) is 8.96. The number of Topliss-reactive ketones (excluding diaryl/α,β-unsaturated/α-hetero) is 1. The summed E-state index contributed by atoms with van der Waals surface area (Å²) in [6, 6.07) is 24.7. The normalized spacial score (nSPS) is 11.0. The molecule has 2 heterocycles. The number of phenols is 2. The molecule has 0 unspecified atom stereocenters. The van der Waals surface area contributed by atoms with Crippen LogP contribution in [0.1, 0.15) is 56.5 Å². The third-order valence-electron chi connectivity index (χ3n) is 8.16. The Bertz CT molecular complexity index is 2310. The Hall–Kier alpha value is -6.29. The molecule has 270 valence electrons. The number of nitrogens with zero attached hydrogens (tertiary/aromatic N) is 6. The minimum atomic E-state index is -0.204. The van der Waals surface area contributed by atoms with Crippen LogP contribution in [0.3, 0.4) is 0 Å². The van der Waals surface area contributed by atoms with Crippen LogP contribution in [0, 0.1) is 27.7 Å². The molecule has 0 bridgehead atoms. The molecule has 0 saturated heterocycles. The van der Waals surface area contributed by atoms with Crippen molar-refractivity contribution in [2.24, 2.45) is 9.98 Å². The van der Waals surface area contributed by atoms with Gasteiger partial charge in [0.1, 0.15) is 29.2 Å². The molecule has 4 aromatic carbocycles. The molecule has 0 aliphatic rings. The molecule has 0 spiro atoms. The van der Waals surface area contributed by atoms with E-state index in [1.54, 1.807) is 38.1 Å². The van der Waals surface area contributed by atoms with Crippen molar-refractivity contribution >= 4 is 35.9 Å². The largest absolute Gasteiger partial charge is 0.506 e. The summed E-state index contributed by atoms with van der Waals surface area (Å²) < 4.78 is 2.86. The van der Waals surface area contributed by atoms with Crippen molar-refractivity contribution in [1.82, 2.24) is 19.6 Å². The molecule has 0 aliphatic carbocycles. The Kier molecular flexibility index (Phi) is 12.9. The molecule has 2 aromatic heterocycles. The van der Waals surface area contributed by atoms with Crippen molar-refractivity contribution < 1.29 is 47.4 Å². The summed E-state index contributed by atoms with van der Waals surface area (Å²) in [6.45, 7) is 8.89. The van der Waals surface area contributed by atoms with E-state index in [2.05, 4.69) is 20.2 Å². The number of aromatic nitrogens is 4. The molecule has 53 heavy (non-hydrogen) atoms. The van der Waals surface area contributed by atoms with Crippen molar-refractivity contribution in [2.75, 3.05) is 0 Å². The number of aromatic hydroxyl groups is 4. The van der Waals surface area contributed by atoms with Crippen molar-refractivity contribution in [1.29, 1.82) is 0 Å². The molecule has 0 fully saturated rings. The Morgan fingerprint density at radius 3 is 1.55 bits per heavy atom. The minimum absolute atomic E-state index is 0. The maximum absolute atomic E-state index is 11.7. The predicted molar refractivity (Wildman–Crippen MR) is 200 cm³/mol. The number of carbonyl (C=O) groups is 2. The Morgan fingerprint density at radius 1 is 0.660 bits per heavy atom. The van der Waals surface area contributed by atoms with Crippen LogP contribution in [0.5, 0.6) is 23.3 Å². The number of phenolic OH excluding ortho intramolecular Hbond substituents is 2. The van der Waals surface area contributed by atoms with Crippen molar-refractivity contribution in [2.45, 2.75) is 41.0 Å². The van der Waals surface area contributed by atoms with E-state index in [0.29, 0.717) is 39.3 Å². The average Bonchev–Trinajstić information content (AvgIpc) is 3.56. The second-order valence-electron chi connectivity index (χ2n) is 12.0. The van der Waals surface area contributed by atoms with E-state index in [1.165, 1.54) is 40.8 Å². The van der Waals surface area contributed by atoms with Crippen LogP contribution < -0.4 is 0 Å². The number of aliphatic imine (C=N–C) groups is 2. The smallest absolute Gasteiger partial charge is 0.223 e. The van der Waals surface area contributed by atoms with Gasteiger partial charge in [-0.15, -0.1) is 0 Å². The molecular formula is C40H38CrN6O6. The first-order valence-corrected chi connectivity index (χ1v) is 16.3. The number of para-hydroxylation sites is 2. The molecule has 4 N–H and O–H groups in total. The van der Waals surface area contributed by atoms with Gasteiger partial charge in [-0.1, -0.05) is 53.6 Å². The van der Waals surface area contributed by atoms with Gasteiger partial charge in [-0.25, -0.2) is 9.36 Å². The first kappa shape index (κ1) is 39.5. The van der Waals surface area contributed by atoms with E-state index in [0.717, 1.165) is 28.8 Å². The molecule has 12 nitrogen and oxygen atoms in total. The maximum atomic E-state index is 11.7. The van der Waals surface area contributed by atoms with Gasteiger partial charge >= 0.3 is 0 Å². The first-order valence-electron chi connectivity index (χ1n) is 16.3. The minimum Gasteiger partial charge on any atom is -0.506 e. The van der Waals surface area contributed by atoms with E-state index < -0.39 is 0 Å². The van der Waals surface area contributed by atoms with Gasteiger partial charge in [0.05, 0.1) is 33.9 Å². The van der Waals surface area contributed by atoms with Gasteiger partial charge in [-0.05, 0) is 82.6 Å². The Morgan fingerprint density at radius 2 is 1.09 bits per heavy atom. The zero-order chi connectivity index (χ0) is 37.5. The summed E-state index contributed by atoms with van der Waals surface area (Å²) in [7, 11) is 0. The number of ketones is 1. The Balaban J connectivity index is 0.000000232. The van der Waals surface area contributed by atoms with Crippen LogP contribution in [0.2, 0.25) is 0 Å². The van der Waals surface area contributed by atoms with Gasteiger partial charge < -0.3 is 25.2 Å². The number of hydrogen-bond donors (Lipinski definition) is 4. The number of hydrogen-bond acceptors (Lipinski definition) is 10. The summed E-state index contributed by atoms with van der Waals surface area (Å²) in [5, 5.41) is 49.8. The van der Waals surface area contributed by atoms with Crippen LogP contribution in [0.15, 0.2) is 94.9 Å². The second kappa shape index (κ2) is 17.3. The van der Waals surface area contributed by atoms with E-state index in [9.17, 15) is 30.0 Å². The molecule has 0 atom stereocenters. The van der Waals surface area contributed by atoms with Crippen molar-refractivity contribution in [3.05, 3.63) is 130 Å². The molecule has 6 aromatic rings. The summed E-state index contributed by atoms with van der Waals surface area (Å²) in [4.78, 5) is 31.1. The van der Waals surface area contributed by atoms with Crippen LogP contribution in [-0.2, 0) is 28.6 Å². The van der Waals surface area contributed by atoms with Crippen LogP contribution in [-0.4, -0.2) is 64.5 Å². The van der Waals surface area contributed by atoms with Crippen molar-refractivity contribution in [3.8, 4) is 34.6 Å². The molecular weight excluding hydrogens is 712 g/mol. The van der Waals surface area contributed by atoms with Crippen LogP contribution in [0.25, 0.3) is 11.4 Å². The van der Waals surface area contributed by atoms with Gasteiger partial charge in [-0.3, -0.25) is 14.8 Å². The number of rotatable bonds is 9. The molecule has 0 saturated carbocycles. The monoisotopic (exact) mass is 750 g/mol. The van der Waals surface area contributed by atoms with Gasteiger partial charge in [0.2, 0.25) is 11.8 Å². The topological polar surface area (TPSA) is 175 Å². The van der Waals surface area contributed by atoms with Crippen LogP contribution in [0.4, 0.5) is 11.4 Å². The fourth-order valence-electron chi connectivity index (χ4n) is 5.28. The number of aldehydes is 1. The zero-order valence-electron chi connectivity index (χ0n) is 29.7. The summed E-state index contributed by atoms with van der Waals surface area (Å²) in [5.41, 5.74) is 7.12. The summed E-state index contributed by atoms with van der Waals surface area (Å²) in [5.74, 6) is -0.428. The van der Waals surface area contributed by atoms with E-state index in [-0.39, 0.29) is 58.5 Å². The van der Waals surface area contributed by atoms with E-state index in [1.807, 2.05) is 62.4 Å². The molecule has 0 aliphatic heterocycles. The van der Waals surface area contributed by atoms with E-state index in [4.69, 9.17) is 0 Å². The maximum Gasteiger partial charge on any atom is 0.223 e. The van der Waals surface area contributed by atoms with Crippen LogP contribution >= 0.6 is 0 Å². The molecule has 13 heteroatoms. The second-order valence-corrected chi connectivity index (χ2v) is 12.0. The quantitative estimate of drug-likeness (QED) is 0.0679. The van der Waals surface area contributed by atoms with Gasteiger partial charge in [0.15, 0.2) is 5.78 Å². The number of aryl methyl sites for hydroxylation is 4. The first-order chi connectivity index (χ1) is 24.9. The van der Waals surface area contributed by atoms with E-state index >= 15 is 0 Å². The predicted octanol–water partition coefficient (Wildman–Crippen LogP) is 7.24. The standard InChI is InChI=1S/2C20H19N3O3.Cr/c1-12-7-9-15(10-8-12)23-20(26)17(13(2)22-23)11-21-19-16(14(3)24)5-4-6-18(19)25;1-13-6-8-16(9-7-13)23-20(26)17(14(2)22-23)12-21-19-15(10-11-24)4-3-5-18(19)25;/h4-11,25-26H,1-3H3;3-9,11-12,25-26H,10H2,1-2H3;. The SMILES string of the molecule is CC(=O)c1cccc(O)c1N=Cc1c(C)nn(-c2ccc(C)cc2)c1O.Cc1ccc(-n2nc(C)c(C=Nc3c(O)cccc3CC=O)c2O)cc1.[Cr]. The van der Waals surface area contributed by atoms with Gasteiger partial charge in [0.25, 0.3) is 0 Å². The average molecular weight is 751 g/mol. The summed E-state index contributed by atoms with van der Waals surface area (Å²) in [6.07, 6.45) is 3.76. The number of benzene rings is 4. The van der Waals surface area contributed by atoms with Gasteiger partial charge in [0, 0.05) is 41.8 Å². The fraction of sp³-hybridized carbons (Fsp3) is 0.150. The molecule has 6 rings (SSSR count).